The highest BCUT2D eigenvalue weighted by Gasteiger charge is 2.11. The SMILES string of the molecule is Cc1cccc(-c2nnc(SCC(=O)Nc3ccccn3)o2)c1. The van der Waals surface area contributed by atoms with Crippen molar-refractivity contribution in [3.63, 3.8) is 0 Å². The summed E-state index contributed by atoms with van der Waals surface area (Å²) in [4.78, 5) is 15.9. The minimum Gasteiger partial charge on any atom is -0.411 e. The molecule has 116 valence electrons. The zero-order valence-electron chi connectivity index (χ0n) is 12.4. The van der Waals surface area contributed by atoms with E-state index in [9.17, 15) is 4.79 Å². The van der Waals surface area contributed by atoms with Gasteiger partial charge in [-0.3, -0.25) is 4.79 Å². The minimum absolute atomic E-state index is 0.173. The molecule has 0 unspecified atom stereocenters. The van der Waals surface area contributed by atoms with Crippen LogP contribution in [-0.4, -0.2) is 26.8 Å². The van der Waals surface area contributed by atoms with Crippen molar-refractivity contribution in [1.82, 2.24) is 15.2 Å². The van der Waals surface area contributed by atoms with Crippen molar-refractivity contribution in [3.8, 4) is 11.5 Å². The molecule has 1 amide bonds. The molecule has 23 heavy (non-hydrogen) atoms. The molecule has 1 N–H and O–H groups in total. The average Bonchev–Trinajstić information content (AvgIpc) is 3.03. The Morgan fingerprint density at radius 1 is 1.22 bits per heavy atom. The molecule has 0 saturated heterocycles. The molecule has 7 heteroatoms. The first-order valence-electron chi connectivity index (χ1n) is 6.95. The van der Waals surface area contributed by atoms with Gasteiger partial charge in [-0.25, -0.2) is 4.98 Å². The monoisotopic (exact) mass is 326 g/mol. The summed E-state index contributed by atoms with van der Waals surface area (Å²) in [7, 11) is 0. The molecule has 6 nitrogen and oxygen atoms in total. The number of rotatable bonds is 5. The van der Waals surface area contributed by atoms with Gasteiger partial charge in [0.2, 0.25) is 11.8 Å². The van der Waals surface area contributed by atoms with Crippen LogP contribution in [0, 0.1) is 6.92 Å². The maximum Gasteiger partial charge on any atom is 0.277 e. The predicted octanol–water partition coefficient (Wildman–Crippen LogP) is 3.17. The van der Waals surface area contributed by atoms with Gasteiger partial charge in [-0.2, -0.15) is 0 Å². The van der Waals surface area contributed by atoms with Crippen molar-refractivity contribution in [2.24, 2.45) is 0 Å². The van der Waals surface area contributed by atoms with Gasteiger partial charge in [-0.15, -0.1) is 10.2 Å². The van der Waals surface area contributed by atoms with E-state index in [1.165, 1.54) is 11.8 Å². The summed E-state index contributed by atoms with van der Waals surface area (Å²) in [5, 5.41) is 11.0. The summed E-state index contributed by atoms with van der Waals surface area (Å²) in [6, 6.07) is 13.1. The molecule has 0 spiro atoms. The lowest BCUT2D eigenvalue weighted by atomic mass is 10.1. The highest BCUT2D eigenvalue weighted by molar-refractivity contribution is 7.99. The van der Waals surface area contributed by atoms with Crippen molar-refractivity contribution in [3.05, 3.63) is 54.2 Å². The Kier molecular flexibility index (Phi) is 4.68. The minimum atomic E-state index is -0.177. The van der Waals surface area contributed by atoms with E-state index in [0.717, 1.165) is 11.1 Å². The zero-order valence-corrected chi connectivity index (χ0v) is 13.2. The van der Waals surface area contributed by atoms with Crippen LogP contribution in [0.1, 0.15) is 5.56 Å². The van der Waals surface area contributed by atoms with E-state index in [1.807, 2.05) is 37.3 Å². The Labute approximate surface area is 137 Å². The van der Waals surface area contributed by atoms with Gasteiger partial charge in [0.05, 0.1) is 5.75 Å². The van der Waals surface area contributed by atoms with Gasteiger partial charge in [-0.1, -0.05) is 35.5 Å². The van der Waals surface area contributed by atoms with Crippen LogP contribution in [0.2, 0.25) is 0 Å². The van der Waals surface area contributed by atoms with Crippen molar-refractivity contribution < 1.29 is 9.21 Å². The highest BCUT2D eigenvalue weighted by atomic mass is 32.2. The van der Waals surface area contributed by atoms with Gasteiger partial charge in [0.1, 0.15) is 5.82 Å². The zero-order chi connectivity index (χ0) is 16.1. The molecule has 0 aliphatic carbocycles. The lowest BCUT2D eigenvalue weighted by Gasteiger charge is -2.01. The van der Waals surface area contributed by atoms with Crippen LogP contribution in [-0.2, 0) is 4.79 Å². The van der Waals surface area contributed by atoms with Crippen LogP contribution in [0.4, 0.5) is 5.82 Å². The smallest absolute Gasteiger partial charge is 0.277 e. The van der Waals surface area contributed by atoms with E-state index >= 15 is 0 Å². The number of hydrogen-bond donors (Lipinski definition) is 1. The van der Waals surface area contributed by atoms with Crippen molar-refractivity contribution in [1.29, 1.82) is 0 Å². The number of carbonyl (C=O) groups is 1. The first-order valence-corrected chi connectivity index (χ1v) is 7.93. The summed E-state index contributed by atoms with van der Waals surface area (Å²) >= 11 is 1.19. The lowest BCUT2D eigenvalue weighted by molar-refractivity contribution is -0.113. The van der Waals surface area contributed by atoms with E-state index in [2.05, 4.69) is 20.5 Å². The largest absolute Gasteiger partial charge is 0.411 e. The molecule has 0 saturated carbocycles. The van der Waals surface area contributed by atoms with E-state index in [0.29, 0.717) is 16.9 Å². The topological polar surface area (TPSA) is 80.9 Å². The Bertz CT molecular complexity index is 805. The third kappa shape index (κ3) is 4.17. The number of nitrogens with one attached hydrogen (secondary N) is 1. The van der Waals surface area contributed by atoms with Gasteiger partial charge in [0, 0.05) is 11.8 Å². The summed E-state index contributed by atoms with van der Waals surface area (Å²) < 4.78 is 5.57. The van der Waals surface area contributed by atoms with Gasteiger partial charge in [0.15, 0.2) is 0 Å². The van der Waals surface area contributed by atoms with E-state index < -0.39 is 0 Å². The number of hydrogen-bond acceptors (Lipinski definition) is 6. The van der Waals surface area contributed by atoms with Crippen molar-refractivity contribution in [2.75, 3.05) is 11.1 Å². The molecule has 0 fully saturated rings. The Morgan fingerprint density at radius 3 is 2.91 bits per heavy atom. The van der Waals surface area contributed by atoms with Crippen LogP contribution in [0.5, 0.6) is 0 Å². The number of aryl methyl sites for hydroxylation is 1. The summed E-state index contributed by atoms with van der Waals surface area (Å²) in [6.07, 6.45) is 1.62. The maximum absolute atomic E-state index is 11.8. The van der Waals surface area contributed by atoms with E-state index in [-0.39, 0.29) is 11.7 Å². The normalized spacial score (nSPS) is 10.5. The standard InChI is InChI=1S/C16H14N4O2S/c1-11-5-4-6-12(9-11)15-19-20-16(22-15)23-10-14(21)18-13-7-2-3-8-17-13/h2-9H,10H2,1H3,(H,17,18,21). The van der Waals surface area contributed by atoms with Gasteiger partial charge in [-0.05, 0) is 31.2 Å². The fourth-order valence-electron chi connectivity index (χ4n) is 1.91. The number of carbonyl (C=O) groups excluding carboxylic acids is 1. The molecule has 0 bridgehead atoms. The number of aromatic nitrogens is 3. The molecule has 3 aromatic rings. The second-order valence-corrected chi connectivity index (χ2v) is 5.72. The average molecular weight is 326 g/mol. The van der Waals surface area contributed by atoms with Crippen LogP contribution in [0.15, 0.2) is 58.3 Å². The third-order valence-corrected chi connectivity index (χ3v) is 3.75. The predicted molar refractivity (Wildman–Crippen MR) is 88.1 cm³/mol. The molecule has 2 aromatic heterocycles. The Morgan fingerprint density at radius 2 is 2.13 bits per heavy atom. The number of pyridine rings is 1. The molecule has 0 aliphatic rings. The molecule has 1 aromatic carbocycles. The van der Waals surface area contributed by atoms with E-state index in [4.69, 9.17) is 4.42 Å². The molecule has 2 heterocycles. The number of thioether (sulfide) groups is 1. The van der Waals surface area contributed by atoms with Crippen LogP contribution in [0.3, 0.4) is 0 Å². The maximum atomic E-state index is 11.8. The fourth-order valence-corrected chi connectivity index (χ4v) is 2.47. The summed E-state index contributed by atoms with van der Waals surface area (Å²) in [5.41, 5.74) is 1.98. The fraction of sp³-hybridized carbons (Fsp3) is 0.125. The van der Waals surface area contributed by atoms with Crippen LogP contribution < -0.4 is 5.32 Å². The second kappa shape index (κ2) is 7.06. The van der Waals surface area contributed by atoms with Crippen molar-refractivity contribution in [2.45, 2.75) is 12.1 Å². The molecular weight excluding hydrogens is 312 g/mol. The highest BCUT2D eigenvalue weighted by Crippen LogP contribution is 2.23. The summed E-state index contributed by atoms with van der Waals surface area (Å²) in [5.74, 6) is 0.959. The molecule has 0 atom stereocenters. The Balaban J connectivity index is 1.58. The molecule has 0 radical (unpaired) electrons. The van der Waals surface area contributed by atoms with Crippen LogP contribution >= 0.6 is 11.8 Å². The molecule has 3 rings (SSSR count). The number of nitrogens with zero attached hydrogens (tertiary/aromatic N) is 3. The second-order valence-electron chi connectivity index (χ2n) is 4.79. The number of amides is 1. The molecular formula is C16H14N4O2S. The van der Waals surface area contributed by atoms with Gasteiger partial charge in [0.25, 0.3) is 5.22 Å². The Hall–Kier alpha value is -2.67. The summed E-state index contributed by atoms with van der Waals surface area (Å²) in [6.45, 7) is 2.00. The first-order chi connectivity index (χ1) is 11.2. The van der Waals surface area contributed by atoms with Crippen LogP contribution in [0.25, 0.3) is 11.5 Å². The third-order valence-electron chi connectivity index (χ3n) is 2.93. The van der Waals surface area contributed by atoms with Gasteiger partial charge < -0.3 is 9.73 Å². The first kappa shape index (κ1) is 15.2. The van der Waals surface area contributed by atoms with Gasteiger partial charge >= 0.3 is 0 Å². The van der Waals surface area contributed by atoms with E-state index in [1.54, 1.807) is 18.3 Å². The van der Waals surface area contributed by atoms with Crippen molar-refractivity contribution >= 4 is 23.5 Å². The number of anilines is 1. The quantitative estimate of drug-likeness (QED) is 0.725. The number of benzene rings is 1. The lowest BCUT2D eigenvalue weighted by Crippen LogP contribution is -2.14. The molecule has 0 aliphatic heterocycles.